The van der Waals surface area contributed by atoms with Gasteiger partial charge in [0.25, 0.3) is 5.91 Å². The molecule has 0 saturated carbocycles. The summed E-state index contributed by atoms with van der Waals surface area (Å²) in [5, 5.41) is 3.22. The SMILES string of the molecule is COCC(C)NC(=O)c1cccc(Br)c1Cl. The number of halogens is 2. The van der Waals surface area contributed by atoms with Gasteiger partial charge >= 0.3 is 0 Å². The molecule has 0 spiro atoms. The quantitative estimate of drug-likeness (QED) is 0.929. The lowest BCUT2D eigenvalue weighted by atomic mass is 10.2. The molecule has 3 nitrogen and oxygen atoms in total. The predicted octanol–water partition coefficient (Wildman–Crippen LogP) is 2.87. The molecule has 0 radical (unpaired) electrons. The number of carbonyl (C=O) groups is 1. The van der Waals surface area contributed by atoms with Crippen molar-refractivity contribution in [1.29, 1.82) is 0 Å². The summed E-state index contributed by atoms with van der Waals surface area (Å²) in [5.74, 6) is -0.198. The van der Waals surface area contributed by atoms with Crippen LogP contribution in [0.15, 0.2) is 22.7 Å². The molecule has 0 aliphatic carbocycles. The predicted molar refractivity (Wildman–Crippen MR) is 68.0 cm³/mol. The van der Waals surface area contributed by atoms with Crippen molar-refractivity contribution in [2.75, 3.05) is 13.7 Å². The summed E-state index contributed by atoms with van der Waals surface area (Å²) < 4.78 is 5.65. The number of benzene rings is 1. The van der Waals surface area contributed by atoms with Crippen LogP contribution >= 0.6 is 27.5 Å². The minimum absolute atomic E-state index is 0.0486. The summed E-state index contributed by atoms with van der Waals surface area (Å²) in [6.07, 6.45) is 0. The van der Waals surface area contributed by atoms with Gasteiger partial charge in [0.05, 0.1) is 17.2 Å². The van der Waals surface area contributed by atoms with Gasteiger partial charge in [-0.15, -0.1) is 0 Å². The number of methoxy groups -OCH3 is 1. The van der Waals surface area contributed by atoms with Gasteiger partial charge in [-0.1, -0.05) is 17.7 Å². The fourth-order valence-electron chi connectivity index (χ4n) is 1.27. The Balaban J connectivity index is 2.77. The molecule has 0 saturated heterocycles. The van der Waals surface area contributed by atoms with E-state index in [0.29, 0.717) is 21.7 Å². The molecule has 0 aliphatic heterocycles. The van der Waals surface area contributed by atoms with E-state index >= 15 is 0 Å². The Bertz CT molecular complexity index is 384. The van der Waals surface area contributed by atoms with E-state index in [-0.39, 0.29) is 11.9 Å². The first-order valence-corrected chi connectivity index (χ1v) is 5.97. The molecule has 16 heavy (non-hydrogen) atoms. The minimum atomic E-state index is -0.198. The maximum Gasteiger partial charge on any atom is 0.253 e. The molecule has 1 N–H and O–H groups in total. The van der Waals surface area contributed by atoms with Crippen molar-refractivity contribution in [3.63, 3.8) is 0 Å². The van der Waals surface area contributed by atoms with E-state index in [1.54, 1.807) is 25.3 Å². The molecule has 0 aliphatic rings. The van der Waals surface area contributed by atoms with Crippen LogP contribution < -0.4 is 5.32 Å². The van der Waals surface area contributed by atoms with Gasteiger partial charge in [0, 0.05) is 17.6 Å². The van der Waals surface area contributed by atoms with Gasteiger partial charge in [0.2, 0.25) is 0 Å². The highest BCUT2D eigenvalue weighted by molar-refractivity contribution is 9.10. The Kier molecular flexibility index (Phi) is 5.25. The van der Waals surface area contributed by atoms with Gasteiger partial charge in [-0.3, -0.25) is 4.79 Å². The molecule has 88 valence electrons. The third-order valence-corrected chi connectivity index (χ3v) is 3.29. The smallest absolute Gasteiger partial charge is 0.253 e. The molecule has 0 bridgehead atoms. The summed E-state index contributed by atoms with van der Waals surface area (Å²) >= 11 is 9.28. The Labute approximate surface area is 108 Å². The lowest BCUT2D eigenvalue weighted by molar-refractivity contribution is 0.0905. The molecular weight excluding hydrogens is 293 g/mol. The maximum absolute atomic E-state index is 11.8. The second-order valence-corrected chi connectivity index (χ2v) is 4.66. The third kappa shape index (κ3) is 3.47. The lowest BCUT2D eigenvalue weighted by Gasteiger charge is -2.13. The molecule has 1 atom stereocenters. The Morgan fingerprint density at radius 1 is 1.62 bits per heavy atom. The zero-order valence-corrected chi connectivity index (χ0v) is 11.4. The van der Waals surface area contributed by atoms with Crippen LogP contribution in [-0.4, -0.2) is 25.7 Å². The highest BCUT2D eigenvalue weighted by atomic mass is 79.9. The highest BCUT2D eigenvalue weighted by Gasteiger charge is 2.14. The molecule has 0 aromatic heterocycles. The van der Waals surface area contributed by atoms with Gasteiger partial charge in [0.15, 0.2) is 0 Å². The zero-order valence-electron chi connectivity index (χ0n) is 9.09. The van der Waals surface area contributed by atoms with Crippen LogP contribution in [0.1, 0.15) is 17.3 Å². The first kappa shape index (κ1) is 13.5. The largest absolute Gasteiger partial charge is 0.383 e. The first-order chi connectivity index (χ1) is 7.56. The number of amides is 1. The van der Waals surface area contributed by atoms with Crippen molar-refractivity contribution in [2.24, 2.45) is 0 Å². The number of hydrogen-bond donors (Lipinski definition) is 1. The molecule has 5 heteroatoms. The summed E-state index contributed by atoms with van der Waals surface area (Å²) in [4.78, 5) is 11.8. The number of rotatable bonds is 4. The number of ether oxygens (including phenoxy) is 1. The van der Waals surface area contributed by atoms with Gasteiger partial charge in [0.1, 0.15) is 0 Å². The van der Waals surface area contributed by atoms with Gasteiger partial charge in [-0.05, 0) is 35.0 Å². The van der Waals surface area contributed by atoms with Crippen molar-refractivity contribution < 1.29 is 9.53 Å². The maximum atomic E-state index is 11.8. The molecule has 1 aromatic carbocycles. The molecular formula is C11H13BrClNO2. The highest BCUT2D eigenvalue weighted by Crippen LogP contribution is 2.25. The van der Waals surface area contributed by atoms with Gasteiger partial charge < -0.3 is 10.1 Å². The second-order valence-electron chi connectivity index (χ2n) is 3.43. The summed E-state index contributed by atoms with van der Waals surface area (Å²) in [6, 6.07) is 5.19. The Morgan fingerprint density at radius 3 is 2.94 bits per heavy atom. The zero-order chi connectivity index (χ0) is 12.1. The van der Waals surface area contributed by atoms with Crippen LogP contribution in [0.2, 0.25) is 5.02 Å². The van der Waals surface area contributed by atoms with Crippen molar-refractivity contribution in [1.82, 2.24) is 5.32 Å². The van der Waals surface area contributed by atoms with E-state index in [1.807, 2.05) is 6.92 Å². The monoisotopic (exact) mass is 305 g/mol. The van der Waals surface area contributed by atoms with Crippen molar-refractivity contribution in [3.05, 3.63) is 33.3 Å². The standard InChI is InChI=1S/C11H13BrClNO2/c1-7(6-16-2)14-11(15)8-4-3-5-9(12)10(8)13/h3-5,7H,6H2,1-2H3,(H,14,15). The molecule has 1 aromatic rings. The van der Waals surface area contributed by atoms with Crippen LogP contribution in [0.5, 0.6) is 0 Å². The topological polar surface area (TPSA) is 38.3 Å². The molecule has 1 unspecified atom stereocenters. The van der Waals surface area contributed by atoms with Crippen molar-refractivity contribution in [2.45, 2.75) is 13.0 Å². The average molecular weight is 307 g/mol. The normalized spacial score (nSPS) is 12.2. The second kappa shape index (κ2) is 6.23. The van der Waals surface area contributed by atoms with Gasteiger partial charge in [-0.2, -0.15) is 0 Å². The number of carbonyl (C=O) groups excluding carboxylic acids is 1. The number of nitrogens with one attached hydrogen (secondary N) is 1. The van der Waals surface area contributed by atoms with Crippen LogP contribution in [0.4, 0.5) is 0 Å². The van der Waals surface area contributed by atoms with E-state index < -0.39 is 0 Å². The van der Waals surface area contributed by atoms with Crippen LogP contribution in [0, 0.1) is 0 Å². The molecule has 0 heterocycles. The average Bonchev–Trinajstić information content (AvgIpc) is 2.22. The van der Waals surface area contributed by atoms with Gasteiger partial charge in [-0.25, -0.2) is 0 Å². The lowest BCUT2D eigenvalue weighted by Crippen LogP contribution is -2.35. The summed E-state index contributed by atoms with van der Waals surface area (Å²) in [7, 11) is 1.59. The molecule has 0 fully saturated rings. The van der Waals surface area contributed by atoms with Crippen LogP contribution in [-0.2, 0) is 4.74 Å². The summed E-state index contributed by atoms with van der Waals surface area (Å²) in [6.45, 7) is 2.34. The molecule has 1 amide bonds. The van der Waals surface area contributed by atoms with E-state index in [1.165, 1.54) is 0 Å². The van der Waals surface area contributed by atoms with Crippen LogP contribution in [0.25, 0.3) is 0 Å². The fraction of sp³-hybridized carbons (Fsp3) is 0.364. The Hall–Kier alpha value is -0.580. The van der Waals surface area contributed by atoms with Crippen molar-refractivity contribution in [3.8, 4) is 0 Å². The van der Waals surface area contributed by atoms with Crippen LogP contribution in [0.3, 0.4) is 0 Å². The number of hydrogen-bond acceptors (Lipinski definition) is 2. The fourth-order valence-corrected chi connectivity index (χ4v) is 1.85. The third-order valence-electron chi connectivity index (χ3n) is 1.99. The van der Waals surface area contributed by atoms with E-state index in [4.69, 9.17) is 16.3 Å². The van der Waals surface area contributed by atoms with Crippen molar-refractivity contribution >= 4 is 33.4 Å². The van der Waals surface area contributed by atoms with E-state index in [9.17, 15) is 4.79 Å². The molecule has 1 rings (SSSR count). The summed E-state index contributed by atoms with van der Waals surface area (Å²) in [5.41, 5.74) is 0.457. The van der Waals surface area contributed by atoms with E-state index in [0.717, 1.165) is 0 Å². The minimum Gasteiger partial charge on any atom is -0.383 e. The van der Waals surface area contributed by atoms with E-state index in [2.05, 4.69) is 21.2 Å². The Morgan fingerprint density at radius 2 is 2.31 bits per heavy atom. The first-order valence-electron chi connectivity index (χ1n) is 4.80.